The number of halogens is 4. The third kappa shape index (κ3) is 10.2. The van der Waals surface area contributed by atoms with Gasteiger partial charge in [-0.2, -0.15) is 0 Å². The summed E-state index contributed by atoms with van der Waals surface area (Å²) in [7, 11) is 0. The first-order valence-corrected chi connectivity index (χ1v) is 25.9. The molecule has 0 heterocycles. The summed E-state index contributed by atoms with van der Waals surface area (Å²) in [4.78, 5) is 0. The summed E-state index contributed by atoms with van der Waals surface area (Å²) in [5, 5.41) is 1.54. The van der Waals surface area contributed by atoms with E-state index in [1.165, 1.54) is 64.4 Å². The topological polar surface area (TPSA) is 0 Å². The van der Waals surface area contributed by atoms with E-state index < -0.39 is 21.3 Å². The molecule has 0 spiro atoms. The molecule has 0 N–H and O–H groups in total. The van der Waals surface area contributed by atoms with Crippen molar-refractivity contribution < 1.29 is 46.1 Å². The van der Waals surface area contributed by atoms with E-state index in [-0.39, 0.29) is 55.5 Å². The van der Waals surface area contributed by atoms with E-state index in [2.05, 4.69) is 196 Å². The molecule has 0 saturated carbocycles. The number of rotatable bonds is 6. The van der Waals surface area contributed by atoms with Gasteiger partial charge in [-0.15, -0.1) is 0 Å². The van der Waals surface area contributed by atoms with Gasteiger partial charge >= 0.3 is 367 Å². The van der Waals surface area contributed by atoms with Gasteiger partial charge in [-0.05, 0) is 0 Å². The van der Waals surface area contributed by atoms with Crippen LogP contribution in [-0.2, 0) is 42.9 Å². The minimum Gasteiger partial charge on any atom is -1.00 e. The molecule has 6 rings (SSSR count). The van der Waals surface area contributed by atoms with Gasteiger partial charge in [0.2, 0.25) is 0 Å². The summed E-state index contributed by atoms with van der Waals surface area (Å²) in [6.45, 7) is 38.4. The third-order valence-corrected chi connectivity index (χ3v) is 21.2. The summed E-state index contributed by atoms with van der Waals surface area (Å²) in [6.07, 6.45) is 7.65. The zero-order chi connectivity index (χ0) is 42.2. The van der Waals surface area contributed by atoms with E-state index in [1.807, 2.05) is 0 Å². The molecule has 316 valence electrons. The smallest absolute Gasteiger partial charge is 1.00 e. The van der Waals surface area contributed by atoms with Crippen molar-refractivity contribution in [2.24, 2.45) is 11.3 Å². The van der Waals surface area contributed by atoms with Crippen molar-refractivity contribution in [2.45, 2.75) is 149 Å². The van der Waals surface area contributed by atoms with Gasteiger partial charge in [0.05, 0.1) is 0 Å². The van der Waals surface area contributed by atoms with Crippen molar-refractivity contribution >= 4 is 26.4 Å². The fourth-order valence-electron chi connectivity index (χ4n) is 9.23. The van der Waals surface area contributed by atoms with Crippen LogP contribution in [0.4, 0.5) is 0 Å². The van der Waals surface area contributed by atoms with Crippen molar-refractivity contribution in [3.63, 3.8) is 0 Å². The van der Waals surface area contributed by atoms with Crippen LogP contribution in [0.25, 0.3) is 11.1 Å². The first-order chi connectivity index (χ1) is 26.2. The van der Waals surface area contributed by atoms with Gasteiger partial charge in [0, 0.05) is 0 Å². The van der Waals surface area contributed by atoms with Crippen LogP contribution in [0.2, 0.25) is 10.0 Å². The molecule has 1 atom stereocenters. The maximum absolute atomic E-state index is 6.68. The maximum Gasteiger partial charge on any atom is -1.00 e. The molecule has 0 aromatic heterocycles. The molecule has 0 bridgehead atoms. The number of fused-ring (bicyclic) bond motifs is 3. The molecule has 0 nitrogen and oxygen atoms in total. The van der Waals surface area contributed by atoms with Gasteiger partial charge < -0.3 is 24.8 Å². The quantitative estimate of drug-likeness (QED) is 0.181. The summed E-state index contributed by atoms with van der Waals surface area (Å²) in [5.74, 6) is 0.410. The number of allylic oxidation sites excluding steroid dienone is 4. The van der Waals surface area contributed by atoms with E-state index >= 15 is 0 Å². The predicted molar refractivity (Wildman–Crippen MR) is 249 cm³/mol. The second-order valence-corrected chi connectivity index (χ2v) is 29.0. The average molecular weight is 950 g/mol. The van der Waals surface area contributed by atoms with Crippen LogP contribution in [0.1, 0.15) is 172 Å². The predicted octanol–water partition coefficient (Wildman–Crippen LogP) is 10.4. The Balaban J connectivity index is 0.00000384. The molecule has 0 amide bonds. The van der Waals surface area contributed by atoms with Crippen LogP contribution in [0.5, 0.6) is 0 Å². The standard InChI is InChI=1S/C29H41.C13H8Cl2.C12H19.2ClH.Zr/c1-26(2,3)22-14-18-13-19-15-23(27(4,5)6)25(29(10,11)12)17-21(19)20(18)16-24(22)28(7,8)9;14-12-5-1-10(2-6-12)9-11-3-7-13(15)8-4-11;1-5-6-10-7-8-11(9-10)12(2,3)4;;;/h13-17H,1-12H3;1-8H;8-10H,5-6H2,1-4H3;2*1H;/q;;;;;+2/p-2. The molecule has 5 heteroatoms. The Morgan fingerprint density at radius 2 is 0.881 bits per heavy atom. The Labute approximate surface area is 389 Å². The van der Waals surface area contributed by atoms with E-state index in [1.54, 1.807) is 3.28 Å². The fourth-order valence-corrected chi connectivity index (χ4v) is 19.1. The zero-order valence-electron chi connectivity index (χ0n) is 38.7. The molecular formula is C54H68Cl4Zr. The largest absolute Gasteiger partial charge is 1.00 e. The van der Waals surface area contributed by atoms with Crippen LogP contribution in [-0.4, -0.2) is 3.21 Å². The molecule has 4 aromatic carbocycles. The molecule has 2 aliphatic rings. The SMILES string of the molecule is CCCC1C=C(C(C)(C)C)C=[C]1[Zr+2](=[C](c1ccc(Cl)cc1)c1ccc(Cl)cc1)[CH]1c2cc(C(C)(C)C)c(C(C)(C)C)cc2-c2cc(C(C)(C)C)c(C(C)(C)C)cc21.[Cl-].[Cl-]. The van der Waals surface area contributed by atoms with Gasteiger partial charge in [0.15, 0.2) is 0 Å². The van der Waals surface area contributed by atoms with Gasteiger partial charge in [-0.25, -0.2) is 0 Å². The van der Waals surface area contributed by atoms with Crippen LogP contribution >= 0.6 is 23.2 Å². The number of hydrogen-bond acceptors (Lipinski definition) is 0. The molecule has 59 heavy (non-hydrogen) atoms. The van der Waals surface area contributed by atoms with Crippen molar-refractivity contribution in [3.8, 4) is 11.1 Å². The maximum atomic E-state index is 6.68. The van der Waals surface area contributed by atoms with Crippen LogP contribution < -0.4 is 24.8 Å². The van der Waals surface area contributed by atoms with Crippen molar-refractivity contribution in [1.82, 2.24) is 0 Å². The molecule has 0 radical (unpaired) electrons. The Morgan fingerprint density at radius 3 is 1.20 bits per heavy atom. The van der Waals surface area contributed by atoms with Crippen molar-refractivity contribution in [1.29, 1.82) is 0 Å². The van der Waals surface area contributed by atoms with Crippen LogP contribution in [0.3, 0.4) is 0 Å². The van der Waals surface area contributed by atoms with Gasteiger partial charge in [0.1, 0.15) is 0 Å². The van der Waals surface area contributed by atoms with Crippen molar-refractivity contribution in [3.05, 3.63) is 148 Å². The van der Waals surface area contributed by atoms with Crippen LogP contribution in [0.15, 0.2) is 93.8 Å². The molecule has 0 aliphatic heterocycles. The third-order valence-electron chi connectivity index (χ3n) is 12.2. The van der Waals surface area contributed by atoms with Gasteiger partial charge in [-0.1, -0.05) is 0 Å². The molecule has 4 aromatic rings. The first-order valence-electron chi connectivity index (χ1n) is 21.3. The van der Waals surface area contributed by atoms with Crippen LogP contribution in [0, 0.1) is 11.3 Å². The van der Waals surface area contributed by atoms with Crippen molar-refractivity contribution in [2.75, 3.05) is 0 Å². The Kier molecular flexibility index (Phi) is 15.1. The Morgan fingerprint density at radius 1 is 0.525 bits per heavy atom. The number of hydrogen-bond donors (Lipinski definition) is 0. The van der Waals surface area contributed by atoms with Gasteiger partial charge in [0.25, 0.3) is 0 Å². The van der Waals surface area contributed by atoms with E-state index in [9.17, 15) is 0 Å². The van der Waals surface area contributed by atoms with E-state index in [4.69, 9.17) is 23.2 Å². The van der Waals surface area contributed by atoms with E-state index in [0.717, 1.165) is 22.9 Å². The minimum atomic E-state index is -3.18. The summed E-state index contributed by atoms with van der Waals surface area (Å²) >= 11 is 10.2. The normalized spacial score (nSPS) is 15.6. The van der Waals surface area contributed by atoms with E-state index in [0.29, 0.717) is 5.92 Å². The molecular weight excluding hydrogens is 882 g/mol. The Hall–Kier alpha value is -1.73. The summed E-state index contributed by atoms with van der Waals surface area (Å²) < 4.78 is 3.50. The molecule has 1 unspecified atom stereocenters. The minimum absolute atomic E-state index is 0. The second-order valence-electron chi connectivity index (χ2n) is 22.1. The van der Waals surface area contributed by atoms with Gasteiger partial charge in [-0.3, -0.25) is 0 Å². The Bertz CT molecular complexity index is 2140. The number of benzene rings is 4. The molecule has 2 aliphatic carbocycles. The summed E-state index contributed by atoms with van der Waals surface area (Å²) in [6, 6.07) is 28.2. The summed E-state index contributed by atoms with van der Waals surface area (Å²) in [5.41, 5.74) is 15.9. The first kappa shape index (κ1) is 49.9. The molecule has 0 saturated heterocycles. The fraction of sp³-hybridized carbons (Fsp3) is 0.463. The monoisotopic (exact) mass is 946 g/mol. The zero-order valence-corrected chi connectivity index (χ0v) is 44.1. The average Bonchev–Trinajstić information content (AvgIpc) is 3.65. The molecule has 0 fully saturated rings. The second kappa shape index (κ2) is 17.8.